The van der Waals surface area contributed by atoms with Crippen LogP contribution in [0.5, 0.6) is 0 Å². The minimum Gasteiger partial charge on any atom is -0.450 e. The molecule has 1 aromatic rings. The van der Waals surface area contributed by atoms with E-state index in [2.05, 4.69) is 14.1 Å². The van der Waals surface area contributed by atoms with Gasteiger partial charge in [0, 0.05) is 19.1 Å². The van der Waals surface area contributed by atoms with Crippen molar-refractivity contribution in [1.82, 2.24) is 13.6 Å². The second-order valence-corrected chi connectivity index (χ2v) is 4.89. The molecule has 0 aliphatic carbocycles. The van der Waals surface area contributed by atoms with E-state index in [9.17, 15) is 4.79 Å². The molecule has 1 fully saturated rings. The summed E-state index contributed by atoms with van der Waals surface area (Å²) in [7, 11) is 0. The van der Waals surface area contributed by atoms with Gasteiger partial charge in [0.25, 0.3) is 0 Å². The summed E-state index contributed by atoms with van der Waals surface area (Å²) < 4.78 is 12.9. The van der Waals surface area contributed by atoms with Gasteiger partial charge in [0.2, 0.25) is 0 Å². The second kappa shape index (κ2) is 6.19. The third-order valence-electron chi connectivity index (χ3n) is 2.81. The van der Waals surface area contributed by atoms with Gasteiger partial charge in [-0.05, 0) is 19.8 Å². The van der Waals surface area contributed by atoms with Crippen molar-refractivity contribution in [2.75, 3.05) is 25.0 Å². The average molecular weight is 291 g/mol. The number of ether oxygens (including phenoxy) is 1. The molecule has 0 aromatic carbocycles. The van der Waals surface area contributed by atoms with Crippen LogP contribution < -0.4 is 5.32 Å². The Morgan fingerprint density at radius 2 is 2.28 bits per heavy atom. The maximum atomic E-state index is 11.5. The van der Waals surface area contributed by atoms with Crippen molar-refractivity contribution >= 4 is 35.2 Å². The van der Waals surface area contributed by atoms with Crippen molar-refractivity contribution in [3.05, 3.63) is 5.15 Å². The van der Waals surface area contributed by atoms with Crippen LogP contribution in [0.2, 0.25) is 5.15 Å². The second-order valence-electron chi connectivity index (χ2n) is 4.01. The summed E-state index contributed by atoms with van der Waals surface area (Å²) in [4.78, 5) is 13.2. The molecule has 1 aliphatic rings. The van der Waals surface area contributed by atoms with Crippen LogP contribution in [-0.2, 0) is 4.74 Å². The van der Waals surface area contributed by atoms with Gasteiger partial charge < -0.3 is 15.0 Å². The summed E-state index contributed by atoms with van der Waals surface area (Å²) >= 11 is 6.96. The molecule has 18 heavy (non-hydrogen) atoms. The lowest BCUT2D eigenvalue weighted by atomic mass is 10.1. The smallest absolute Gasteiger partial charge is 0.409 e. The number of anilines is 1. The number of carbonyl (C=O) groups excluding carboxylic acids is 1. The van der Waals surface area contributed by atoms with Gasteiger partial charge in [-0.3, -0.25) is 0 Å². The van der Waals surface area contributed by atoms with Gasteiger partial charge in [0.15, 0.2) is 11.0 Å². The third-order valence-corrected chi connectivity index (χ3v) is 3.70. The summed E-state index contributed by atoms with van der Waals surface area (Å²) in [5, 5.41) is 3.66. The van der Waals surface area contributed by atoms with Crippen molar-refractivity contribution in [3.63, 3.8) is 0 Å². The van der Waals surface area contributed by atoms with E-state index in [1.165, 1.54) is 0 Å². The lowest BCUT2D eigenvalue weighted by molar-refractivity contribution is 0.0983. The van der Waals surface area contributed by atoms with Crippen LogP contribution in [0, 0.1) is 0 Å². The highest BCUT2D eigenvalue weighted by atomic mass is 35.5. The van der Waals surface area contributed by atoms with Gasteiger partial charge in [0.05, 0.1) is 18.3 Å². The van der Waals surface area contributed by atoms with Crippen LogP contribution in [0.3, 0.4) is 0 Å². The van der Waals surface area contributed by atoms with E-state index in [-0.39, 0.29) is 12.1 Å². The monoisotopic (exact) mass is 290 g/mol. The zero-order chi connectivity index (χ0) is 13.0. The number of hydrogen-bond acceptors (Lipinski definition) is 6. The molecule has 0 spiro atoms. The molecule has 2 rings (SSSR count). The van der Waals surface area contributed by atoms with Crippen LogP contribution in [0.1, 0.15) is 19.8 Å². The van der Waals surface area contributed by atoms with Crippen molar-refractivity contribution in [2.45, 2.75) is 25.8 Å². The molecule has 0 radical (unpaired) electrons. The molecule has 1 amide bonds. The summed E-state index contributed by atoms with van der Waals surface area (Å²) in [5.41, 5.74) is 0. The van der Waals surface area contributed by atoms with E-state index in [1.807, 2.05) is 6.92 Å². The Bertz CT molecular complexity index is 406. The molecule has 0 atom stereocenters. The zero-order valence-corrected chi connectivity index (χ0v) is 11.6. The molecule has 1 saturated heterocycles. The first-order valence-electron chi connectivity index (χ1n) is 5.87. The number of piperidine rings is 1. The normalized spacial score (nSPS) is 16.7. The molecule has 6 nitrogen and oxygen atoms in total. The Morgan fingerprint density at radius 1 is 1.56 bits per heavy atom. The highest BCUT2D eigenvalue weighted by Crippen LogP contribution is 2.22. The number of hydrogen-bond donors (Lipinski definition) is 1. The molecule has 0 saturated carbocycles. The van der Waals surface area contributed by atoms with E-state index in [0.29, 0.717) is 30.7 Å². The molecule has 1 aromatic heterocycles. The fourth-order valence-electron chi connectivity index (χ4n) is 1.88. The van der Waals surface area contributed by atoms with Gasteiger partial charge in [-0.15, -0.1) is 0 Å². The van der Waals surface area contributed by atoms with Gasteiger partial charge in [-0.25, -0.2) is 4.79 Å². The summed E-state index contributed by atoms with van der Waals surface area (Å²) in [6.07, 6.45) is 1.48. The average Bonchev–Trinajstić information content (AvgIpc) is 2.76. The van der Waals surface area contributed by atoms with Gasteiger partial charge in [-0.2, -0.15) is 8.75 Å². The van der Waals surface area contributed by atoms with Crippen LogP contribution in [0.15, 0.2) is 0 Å². The Hall–Kier alpha value is -1.08. The molecule has 1 N–H and O–H groups in total. The van der Waals surface area contributed by atoms with Gasteiger partial charge >= 0.3 is 6.09 Å². The van der Waals surface area contributed by atoms with Crippen LogP contribution >= 0.6 is 23.3 Å². The Balaban J connectivity index is 1.80. The quantitative estimate of drug-likeness (QED) is 0.924. The predicted molar refractivity (Wildman–Crippen MR) is 70.2 cm³/mol. The van der Waals surface area contributed by atoms with Crippen molar-refractivity contribution < 1.29 is 9.53 Å². The first-order chi connectivity index (χ1) is 8.70. The number of rotatable bonds is 3. The number of amides is 1. The third kappa shape index (κ3) is 3.23. The first-order valence-corrected chi connectivity index (χ1v) is 6.97. The summed E-state index contributed by atoms with van der Waals surface area (Å²) in [6, 6.07) is 0.275. The summed E-state index contributed by atoms with van der Waals surface area (Å²) in [5.74, 6) is 0.635. The minimum absolute atomic E-state index is 0.232. The highest BCUT2D eigenvalue weighted by molar-refractivity contribution is 6.99. The van der Waals surface area contributed by atoms with E-state index in [4.69, 9.17) is 16.3 Å². The molecule has 0 bridgehead atoms. The van der Waals surface area contributed by atoms with Gasteiger partial charge in [0.1, 0.15) is 0 Å². The lowest BCUT2D eigenvalue weighted by Gasteiger charge is -2.31. The minimum atomic E-state index is -0.232. The van der Waals surface area contributed by atoms with Crippen LogP contribution in [0.25, 0.3) is 0 Å². The SMILES string of the molecule is CCOC(=O)N1CCC(Nc2nsnc2Cl)CC1. The van der Waals surface area contributed by atoms with Crippen LogP contribution in [-0.4, -0.2) is 45.5 Å². The lowest BCUT2D eigenvalue weighted by Crippen LogP contribution is -2.42. The number of halogens is 1. The number of nitrogens with one attached hydrogen (secondary N) is 1. The standard InChI is InChI=1S/C10H15ClN4O2S/c1-2-17-10(16)15-5-3-7(4-6-15)12-9-8(11)13-18-14-9/h7H,2-6H2,1H3,(H,12,14). The van der Waals surface area contributed by atoms with Crippen molar-refractivity contribution in [3.8, 4) is 0 Å². The maximum Gasteiger partial charge on any atom is 0.409 e. The van der Waals surface area contributed by atoms with E-state index < -0.39 is 0 Å². The fraction of sp³-hybridized carbons (Fsp3) is 0.700. The van der Waals surface area contributed by atoms with Gasteiger partial charge in [-0.1, -0.05) is 11.6 Å². The fourth-order valence-corrected chi connectivity index (χ4v) is 2.54. The molecule has 100 valence electrons. The maximum absolute atomic E-state index is 11.5. The van der Waals surface area contributed by atoms with E-state index >= 15 is 0 Å². The van der Waals surface area contributed by atoms with Crippen LogP contribution in [0.4, 0.5) is 10.6 Å². The molecule has 0 unspecified atom stereocenters. The zero-order valence-electron chi connectivity index (χ0n) is 10.1. The molecular weight excluding hydrogens is 276 g/mol. The summed E-state index contributed by atoms with van der Waals surface area (Å²) in [6.45, 7) is 3.60. The highest BCUT2D eigenvalue weighted by Gasteiger charge is 2.24. The Morgan fingerprint density at radius 3 is 2.83 bits per heavy atom. The largest absolute Gasteiger partial charge is 0.450 e. The predicted octanol–water partition coefficient (Wildman–Crippen LogP) is 2.22. The number of carbonyl (C=O) groups is 1. The van der Waals surface area contributed by atoms with E-state index in [1.54, 1.807) is 4.90 Å². The molecule has 8 heteroatoms. The number of nitrogens with zero attached hydrogens (tertiary/aromatic N) is 3. The number of likely N-dealkylation sites (tertiary alicyclic amines) is 1. The molecular formula is C10H15ClN4O2S. The Kier molecular flexibility index (Phi) is 4.60. The van der Waals surface area contributed by atoms with Crippen molar-refractivity contribution in [1.29, 1.82) is 0 Å². The molecule has 2 heterocycles. The molecule has 1 aliphatic heterocycles. The van der Waals surface area contributed by atoms with E-state index in [0.717, 1.165) is 24.6 Å². The topological polar surface area (TPSA) is 67.3 Å². The van der Waals surface area contributed by atoms with Crippen molar-refractivity contribution in [2.24, 2.45) is 0 Å². The first kappa shape index (κ1) is 13.4. The Labute approximate surface area is 115 Å². The number of aromatic nitrogens is 2.